The van der Waals surface area contributed by atoms with Gasteiger partial charge in [-0.05, 0) is 25.2 Å². The standard InChI is InChI=1S/C11H23Cl/c1-7-8-9(2)10(3,4)11(5,6)12/h9H,7-8H2,1-6H3. The third kappa shape index (κ3) is 2.65. The van der Waals surface area contributed by atoms with Crippen LogP contribution in [-0.4, -0.2) is 4.87 Å². The average Bonchev–Trinajstić information content (AvgIpc) is 1.85. The zero-order valence-corrected chi connectivity index (χ0v) is 10.1. The zero-order valence-electron chi connectivity index (χ0n) is 9.37. The fourth-order valence-electron chi connectivity index (χ4n) is 1.38. The molecule has 0 bridgehead atoms. The van der Waals surface area contributed by atoms with Gasteiger partial charge in [-0.3, -0.25) is 0 Å². The third-order valence-electron chi connectivity index (χ3n) is 3.49. The van der Waals surface area contributed by atoms with Crippen molar-refractivity contribution in [1.82, 2.24) is 0 Å². The lowest BCUT2D eigenvalue weighted by atomic mass is 9.69. The smallest absolute Gasteiger partial charge is 0.0444 e. The van der Waals surface area contributed by atoms with Crippen LogP contribution in [0.4, 0.5) is 0 Å². The van der Waals surface area contributed by atoms with Gasteiger partial charge in [0, 0.05) is 4.87 Å². The molecule has 0 saturated carbocycles. The number of hydrogen-bond acceptors (Lipinski definition) is 0. The summed E-state index contributed by atoms with van der Waals surface area (Å²) in [5.41, 5.74) is 0.213. The molecule has 0 aliphatic rings. The molecule has 0 aromatic rings. The SMILES string of the molecule is CCCC(C)C(C)(C)C(C)(C)Cl. The Bertz CT molecular complexity index is 130. The van der Waals surface area contributed by atoms with Gasteiger partial charge in [-0.25, -0.2) is 0 Å². The summed E-state index contributed by atoms with van der Waals surface area (Å²) < 4.78 is 0. The van der Waals surface area contributed by atoms with Crippen molar-refractivity contribution in [2.45, 2.75) is 59.3 Å². The first-order valence-corrected chi connectivity index (χ1v) is 5.30. The Morgan fingerprint density at radius 1 is 1.17 bits per heavy atom. The van der Waals surface area contributed by atoms with E-state index in [2.05, 4.69) is 41.5 Å². The Labute approximate surface area is 82.7 Å². The van der Waals surface area contributed by atoms with Gasteiger partial charge >= 0.3 is 0 Å². The van der Waals surface area contributed by atoms with Crippen molar-refractivity contribution in [3.05, 3.63) is 0 Å². The van der Waals surface area contributed by atoms with Gasteiger partial charge in [0.2, 0.25) is 0 Å². The fraction of sp³-hybridized carbons (Fsp3) is 1.00. The van der Waals surface area contributed by atoms with Crippen LogP contribution in [0.1, 0.15) is 54.4 Å². The minimum absolute atomic E-state index is 0.110. The van der Waals surface area contributed by atoms with E-state index in [1.54, 1.807) is 0 Å². The fourth-order valence-corrected chi connectivity index (χ4v) is 1.57. The van der Waals surface area contributed by atoms with E-state index in [-0.39, 0.29) is 10.3 Å². The van der Waals surface area contributed by atoms with Crippen LogP contribution >= 0.6 is 11.6 Å². The van der Waals surface area contributed by atoms with Gasteiger partial charge in [0.05, 0.1) is 0 Å². The molecule has 0 aliphatic carbocycles. The molecule has 12 heavy (non-hydrogen) atoms. The predicted octanol–water partition coefficient (Wildman–Crippen LogP) is 4.47. The molecule has 0 aliphatic heterocycles. The van der Waals surface area contributed by atoms with Crippen molar-refractivity contribution in [2.24, 2.45) is 11.3 Å². The summed E-state index contributed by atoms with van der Waals surface area (Å²) in [6.07, 6.45) is 2.51. The van der Waals surface area contributed by atoms with Crippen molar-refractivity contribution in [3.63, 3.8) is 0 Å². The Morgan fingerprint density at radius 2 is 1.58 bits per heavy atom. The maximum absolute atomic E-state index is 6.36. The molecular weight excluding hydrogens is 168 g/mol. The molecule has 0 aromatic carbocycles. The minimum atomic E-state index is -0.110. The summed E-state index contributed by atoms with van der Waals surface area (Å²) in [5, 5.41) is 0. The normalized spacial score (nSPS) is 16.2. The van der Waals surface area contributed by atoms with Crippen LogP contribution in [0.5, 0.6) is 0 Å². The molecule has 0 aromatic heterocycles. The average molecular weight is 191 g/mol. The first-order chi connectivity index (χ1) is 5.23. The second kappa shape index (κ2) is 4.00. The summed E-state index contributed by atoms with van der Waals surface area (Å²) >= 11 is 6.36. The molecule has 0 N–H and O–H groups in total. The first-order valence-electron chi connectivity index (χ1n) is 4.92. The molecule has 0 amide bonds. The van der Waals surface area contributed by atoms with Crippen molar-refractivity contribution in [3.8, 4) is 0 Å². The van der Waals surface area contributed by atoms with Gasteiger partial charge < -0.3 is 0 Å². The Kier molecular flexibility index (Phi) is 4.10. The van der Waals surface area contributed by atoms with Crippen molar-refractivity contribution in [1.29, 1.82) is 0 Å². The van der Waals surface area contributed by atoms with Gasteiger partial charge in [-0.1, -0.05) is 40.5 Å². The second-order valence-corrected chi connectivity index (χ2v) is 5.83. The molecule has 0 heterocycles. The third-order valence-corrected chi connectivity index (χ3v) is 3.97. The summed E-state index contributed by atoms with van der Waals surface area (Å²) in [6, 6.07) is 0. The van der Waals surface area contributed by atoms with E-state index in [4.69, 9.17) is 11.6 Å². The highest BCUT2D eigenvalue weighted by atomic mass is 35.5. The molecular formula is C11H23Cl. The predicted molar refractivity (Wildman–Crippen MR) is 57.8 cm³/mol. The van der Waals surface area contributed by atoms with E-state index >= 15 is 0 Å². The highest BCUT2D eigenvalue weighted by molar-refractivity contribution is 6.23. The highest BCUT2D eigenvalue weighted by Gasteiger charge is 2.38. The van der Waals surface area contributed by atoms with E-state index in [9.17, 15) is 0 Å². The molecule has 74 valence electrons. The largest absolute Gasteiger partial charge is 0.119 e. The van der Waals surface area contributed by atoms with E-state index in [0.29, 0.717) is 5.92 Å². The quantitative estimate of drug-likeness (QED) is 0.574. The molecule has 0 fully saturated rings. The van der Waals surface area contributed by atoms with Crippen molar-refractivity contribution < 1.29 is 0 Å². The summed E-state index contributed by atoms with van der Waals surface area (Å²) in [6.45, 7) is 13.3. The van der Waals surface area contributed by atoms with Gasteiger partial charge in [0.25, 0.3) is 0 Å². The van der Waals surface area contributed by atoms with Gasteiger partial charge in [0.15, 0.2) is 0 Å². The van der Waals surface area contributed by atoms with Crippen LogP contribution in [0.2, 0.25) is 0 Å². The van der Waals surface area contributed by atoms with Crippen LogP contribution in [-0.2, 0) is 0 Å². The summed E-state index contributed by atoms with van der Waals surface area (Å²) in [4.78, 5) is -0.110. The molecule has 0 saturated heterocycles. The van der Waals surface area contributed by atoms with Gasteiger partial charge in [-0.2, -0.15) is 0 Å². The molecule has 1 heteroatoms. The topological polar surface area (TPSA) is 0 Å². The van der Waals surface area contributed by atoms with Crippen LogP contribution in [0, 0.1) is 11.3 Å². The second-order valence-electron chi connectivity index (χ2n) is 4.88. The Balaban J connectivity index is 4.38. The van der Waals surface area contributed by atoms with Crippen LogP contribution < -0.4 is 0 Å². The summed E-state index contributed by atoms with van der Waals surface area (Å²) in [5.74, 6) is 0.690. The zero-order chi connectivity index (χ0) is 9.99. The number of halogens is 1. The first kappa shape index (κ1) is 12.3. The maximum atomic E-state index is 6.36. The molecule has 1 unspecified atom stereocenters. The van der Waals surface area contributed by atoms with Gasteiger partial charge in [-0.15, -0.1) is 11.6 Å². The van der Waals surface area contributed by atoms with Gasteiger partial charge in [0.1, 0.15) is 0 Å². The lowest BCUT2D eigenvalue weighted by molar-refractivity contribution is 0.161. The number of rotatable bonds is 4. The Hall–Kier alpha value is 0.290. The number of hydrogen-bond donors (Lipinski definition) is 0. The van der Waals surface area contributed by atoms with E-state index in [0.717, 1.165) is 0 Å². The highest BCUT2D eigenvalue weighted by Crippen LogP contribution is 2.43. The Morgan fingerprint density at radius 3 is 1.83 bits per heavy atom. The maximum Gasteiger partial charge on any atom is 0.0444 e. The minimum Gasteiger partial charge on any atom is -0.119 e. The van der Waals surface area contributed by atoms with Crippen LogP contribution in [0.15, 0.2) is 0 Å². The lowest BCUT2D eigenvalue weighted by Gasteiger charge is -2.41. The molecule has 0 spiro atoms. The lowest BCUT2D eigenvalue weighted by Crippen LogP contribution is -2.39. The molecule has 0 nitrogen and oxygen atoms in total. The van der Waals surface area contributed by atoms with E-state index < -0.39 is 0 Å². The molecule has 1 atom stereocenters. The number of alkyl halides is 1. The van der Waals surface area contributed by atoms with Crippen LogP contribution in [0.25, 0.3) is 0 Å². The van der Waals surface area contributed by atoms with Crippen LogP contribution in [0.3, 0.4) is 0 Å². The molecule has 0 radical (unpaired) electrons. The van der Waals surface area contributed by atoms with E-state index in [1.165, 1.54) is 12.8 Å². The molecule has 0 rings (SSSR count). The van der Waals surface area contributed by atoms with Crippen molar-refractivity contribution in [2.75, 3.05) is 0 Å². The van der Waals surface area contributed by atoms with E-state index in [1.807, 2.05) is 0 Å². The summed E-state index contributed by atoms with van der Waals surface area (Å²) in [7, 11) is 0. The van der Waals surface area contributed by atoms with Crippen molar-refractivity contribution >= 4 is 11.6 Å². The monoisotopic (exact) mass is 190 g/mol.